The van der Waals surface area contributed by atoms with Crippen LogP contribution in [0, 0.1) is 29.6 Å². The Labute approximate surface area is 171 Å². The zero-order valence-electron chi connectivity index (χ0n) is 15.7. The Morgan fingerprint density at radius 2 is 1.81 bits per heavy atom. The van der Waals surface area contributed by atoms with Crippen molar-refractivity contribution in [3.63, 3.8) is 0 Å². The molecular formula is C19H17F5O7. The van der Waals surface area contributed by atoms with E-state index in [4.69, 9.17) is 14.2 Å². The summed E-state index contributed by atoms with van der Waals surface area (Å²) < 4.78 is 84.0. The van der Waals surface area contributed by atoms with E-state index in [9.17, 15) is 36.3 Å². The first-order valence-corrected chi connectivity index (χ1v) is 9.84. The molecule has 4 bridgehead atoms. The third-order valence-electron chi connectivity index (χ3n) is 6.91. The second-order valence-corrected chi connectivity index (χ2v) is 8.59. The molecule has 4 fully saturated rings. The summed E-state index contributed by atoms with van der Waals surface area (Å²) in [7, 11) is 0. The summed E-state index contributed by atoms with van der Waals surface area (Å²) in [6.07, 6.45) is -4.03. The molecule has 0 N–H and O–H groups in total. The topological polar surface area (TPSA) is 88.1 Å². The van der Waals surface area contributed by atoms with E-state index in [1.807, 2.05) is 6.08 Å². The number of hydrogen-bond acceptors (Lipinski definition) is 7. The average molecular weight is 452 g/mol. The molecule has 12 heteroatoms. The largest absolute Gasteiger partial charge is 0.459 e. The van der Waals surface area contributed by atoms with E-state index < -0.39 is 84.5 Å². The quantitative estimate of drug-likeness (QED) is 0.272. The molecule has 0 aromatic rings. The van der Waals surface area contributed by atoms with Crippen molar-refractivity contribution in [3.8, 4) is 0 Å². The van der Waals surface area contributed by atoms with Gasteiger partial charge in [-0.05, 0) is 12.8 Å². The Hall–Kier alpha value is -2.24. The molecular weight excluding hydrogens is 435 g/mol. The average Bonchev–Trinajstić information content (AvgIpc) is 3.47. The Kier molecular flexibility index (Phi) is 4.42. The molecule has 7 nitrogen and oxygen atoms in total. The van der Waals surface area contributed by atoms with Crippen LogP contribution in [-0.2, 0) is 33.3 Å². The summed E-state index contributed by atoms with van der Waals surface area (Å²) in [5.74, 6) is -12.1. The minimum atomic E-state index is -5.88. The van der Waals surface area contributed by atoms with Crippen LogP contribution in [0.4, 0.5) is 22.0 Å². The highest BCUT2D eigenvalue weighted by molar-refractivity contribution is 5.86. The van der Waals surface area contributed by atoms with Crippen molar-refractivity contribution in [3.05, 3.63) is 12.2 Å². The number of hydrogen-bond donors (Lipinski definition) is 0. The minimum absolute atomic E-state index is 0.186. The summed E-state index contributed by atoms with van der Waals surface area (Å²) in [6, 6.07) is 0. The fourth-order valence-corrected chi connectivity index (χ4v) is 5.53. The molecule has 3 heterocycles. The molecule has 0 aromatic carbocycles. The molecule has 5 aliphatic rings. The van der Waals surface area contributed by atoms with Gasteiger partial charge in [-0.2, -0.15) is 22.0 Å². The number of alkyl halides is 5. The highest BCUT2D eigenvalue weighted by Crippen LogP contribution is 2.59. The first-order chi connectivity index (χ1) is 14.5. The van der Waals surface area contributed by atoms with Crippen molar-refractivity contribution in [1.29, 1.82) is 0 Å². The van der Waals surface area contributed by atoms with Crippen molar-refractivity contribution < 1.29 is 55.3 Å². The third-order valence-corrected chi connectivity index (χ3v) is 6.91. The van der Waals surface area contributed by atoms with E-state index in [2.05, 4.69) is 4.74 Å². The van der Waals surface area contributed by atoms with Gasteiger partial charge in [-0.15, -0.1) is 0 Å². The van der Waals surface area contributed by atoms with Gasteiger partial charge in [0, 0.05) is 11.8 Å². The monoisotopic (exact) mass is 452 g/mol. The van der Waals surface area contributed by atoms with Gasteiger partial charge in [-0.3, -0.25) is 14.4 Å². The fraction of sp³-hybridized carbons (Fsp3) is 0.737. The summed E-state index contributed by atoms with van der Waals surface area (Å²) >= 11 is 0. The molecule has 2 saturated carbocycles. The van der Waals surface area contributed by atoms with Crippen molar-refractivity contribution in [2.24, 2.45) is 29.6 Å². The molecule has 2 saturated heterocycles. The van der Waals surface area contributed by atoms with E-state index >= 15 is 0 Å². The van der Waals surface area contributed by atoms with Crippen LogP contribution in [0.5, 0.6) is 0 Å². The van der Waals surface area contributed by atoms with Gasteiger partial charge in [0.25, 0.3) is 0 Å². The van der Waals surface area contributed by atoms with Crippen LogP contribution in [0.2, 0.25) is 0 Å². The number of ether oxygens (including phenoxy) is 4. The van der Waals surface area contributed by atoms with Crippen LogP contribution in [0.25, 0.3) is 0 Å². The molecule has 0 radical (unpaired) electrons. The minimum Gasteiger partial charge on any atom is -0.459 e. The second kappa shape index (κ2) is 6.63. The first-order valence-electron chi connectivity index (χ1n) is 9.84. The van der Waals surface area contributed by atoms with Crippen LogP contribution >= 0.6 is 0 Å². The normalized spacial score (nSPS) is 42.2. The second-order valence-electron chi connectivity index (χ2n) is 8.59. The number of carbonyl (C=O) groups is 3. The predicted octanol–water partition coefficient (Wildman–Crippen LogP) is 1.79. The van der Waals surface area contributed by atoms with Crippen molar-refractivity contribution >= 4 is 17.9 Å². The zero-order valence-corrected chi connectivity index (χ0v) is 15.7. The Morgan fingerprint density at radius 3 is 2.42 bits per heavy atom. The molecule has 0 amide bonds. The molecule has 3 aliphatic heterocycles. The van der Waals surface area contributed by atoms with Crippen molar-refractivity contribution in [1.82, 2.24) is 0 Å². The smallest absolute Gasteiger partial charge is 0.456 e. The highest BCUT2D eigenvalue weighted by Gasteiger charge is 2.70. The van der Waals surface area contributed by atoms with Crippen LogP contribution in [0.1, 0.15) is 12.8 Å². The highest BCUT2D eigenvalue weighted by atomic mass is 19.4. The van der Waals surface area contributed by atoms with Crippen molar-refractivity contribution in [2.75, 3.05) is 6.61 Å². The first kappa shape index (κ1) is 20.7. The van der Waals surface area contributed by atoms with Gasteiger partial charge >= 0.3 is 30.0 Å². The summed E-state index contributed by atoms with van der Waals surface area (Å²) in [4.78, 5) is 37.3. The molecule has 31 heavy (non-hydrogen) atoms. The Bertz CT molecular complexity index is 855. The number of carbonyl (C=O) groups excluding carboxylic acids is 3. The number of halogens is 5. The lowest BCUT2D eigenvalue weighted by atomic mass is 9.78. The number of fused-ring (bicyclic) bond motifs is 3. The lowest BCUT2D eigenvalue weighted by molar-refractivity contribution is -0.294. The van der Waals surface area contributed by atoms with Crippen molar-refractivity contribution in [2.45, 2.75) is 49.4 Å². The summed E-state index contributed by atoms with van der Waals surface area (Å²) in [5, 5.41) is 0. The Balaban J connectivity index is 1.29. The van der Waals surface area contributed by atoms with Gasteiger partial charge in [0.15, 0.2) is 6.61 Å². The molecule has 9 atom stereocenters. The maximum atomic E-state index is 13.1. The van der Waals surface area contributed by atoms with Crippen LogP contribution in [0.15, 0.2) is 12.2 Å². The SMILES string of the molecule is O=C(OC1C2CC3C1OC(=O)C3C2C(=O)OCC(F)(F)C(F)(F)F)C1CC2C=CC1O2. The van der Waals surface area contributed by atoms with E-state index in [-0.39, 0.29) is 12.5 Å². The predicted molar refractivity (Wildman–Crippen MR) is 86.2 cm³/mol. The lowest BCUT2D eigenvalue weighted by Gasteiger charge is -2.31. The molecule has 0 spiro atoms. The fourth-order valence-electron chi connectivity index (χ4n) is 5.53. The van der Waals surface area contributed by atoms with Gasteiger partial charge in [-0.25, -0.2) is 0 Å². The molecule has 170 valence electrons. The van der Waals surface area contributed by atoms with Crippen LogP contribution in [-0.4, -0.2) is 61.0 Å². The van der Waals surface area contributed by atoms with E-state index in [0.29, 0.717) is 6.42 Å². The molecule has 0 aromatic heterocycles. The van der Waals surface area contributed by atoms with Gasteiger partial charge in [-0.1, -0.05) is 12.2 Å². The lowest BCUT2D eigenvalue weighted by Crippen LogP contribution is -2.46. The molecule has 2 aliphatic carbocycles. The van der Waals surface area contributed by atoms with Crippen LogP contribution in [0.3, 0.4) is 0 Å². The standard InChI is InChI=1S/C19H17F5O7/c20-18(21,19(22,23)24)5-28-16(26)11-8-4-9-12(11)17(27)31-14(9)13(8)30-15(25)7-3-6-1-2-10(7)29-6/h1-2,6-14H,3-5H2. The van der Waals surface area contributed by atoms with E-state index in [1.54, 1.807) is 6.08 Å². The Morgan fingerprint density at radius 1 is 1.06 bits per heavy atom. The van der Waals surface area contributed by atoms with Gasteiger partial charge in [0.05, 0.1) is 30.0 Å². The zero-order chi connectivity index (χ0) is 22.3. The maximum absolute atomic E-state index is 13.1. The van der Waals surface area contributed by atoms with Gasteiger partial charge in [0.1, 0.15) is 12.2 Å². The van der Waals surface area contributed by atoms with Crippen LogP contribution < -0.4 is 0 Å². The van der Waals surface area contributed by atoms with Gasteiger partial charge < -0.3 is 18.9 Å². The number of rotatable bonds is 5. The third kappa shape index (κ3) is 3.05. The molecule has 9 unspecified atom stereocenters. The number of esters is 3. The van der Waals surface area contributed by atoms with E-state index in [0.717, 1.165) is 0 Å². The van der Waals surface area contributed by atoms with E-state index in [1.165, 1.54) is 0 Å². The molecule has 5 rings (SSSR count). The summed E-state index contributed by atoms with van der Waals surface area (Å²) in [6.45, 7) is -2.19. The maximum Gasteiger partial charge on any atom is 0.456 e. The summed E-state index contributed by atoms with van der Waals surface area (Å²) in [5.41, 5.74) is 0. The van der Waals surface area contributed by atoms with Gasteiger partial charge in [0.2, 0.25) is 0 Å².